The standard InChI is InChI=1S/C14H22N2O3S/c1-4-15-9-12-6-5-7-13(8-12)16-14(17)10-20(18,19)11(2)3/h5-8,11,15H,4,9-10H2,1-3H3,(H,16,17). The number of nitrogens with one attached hydrogen (secondary N) is 2. The van der Waals surface area contributed by atoms with E-state index in [1.54, 1.807) is 19.9 Å². The largest absolute Gasteiger partial charge is 0.325 e. The molecule has 1 aromatic carbocycles. The lowest BCUT2D eigenvalue weighted by atomic mass is 10.2. The van der Waals surface area contributed by atoms with Gasteiger partial charge < -0.3 is 10.6 Å². The molecule has 6 heteroatoms. The van der Waals surface area contributed by atoms with Gasteiger partial charge in [-0.25, -0.2) is 8.42 Å². The molecule has 2 N–H and O–H groups in total. The Labute approximate surface area is 120 Å². The van der Waals surface area contributed by atoms with Crippen LogP contribution in [0.3, 0.4) is 0 Å². The highest BCUT2D eigenvalue weighted by Crippen LogP contribution is 2.11. The van der Waals surface area contributed by atoms with Gasteiger partial charge in [0.25, 0.3) is 0 Å². The molecule has 0 spiro atoms. The van der Waals surface area contributed by atoms with Gasteiger partial charge >= 0.3 is 0 Å². The van der Waals surface area contributed by atoms with E-state index >= 15 is 0 Å². The summed E-state index contributed by atoms with van der Waals surface area (Å²) in [6.45, 7) is 6.73. The molecule has 0 atom stereocenters. The van der Waals surface area contributed by atoms with Crippen molar-refractivity contribution in [3.63, 3.8) is 0 Å². The van der Waals surface area contributed by atoms with Crippen LogP contribution in [0.2, 0.25) is 0 Å². The van der Waals surface area contributed by atoms with Crippen LogP contribution in [0.4, 0.5) is 5.69 Å². The average Bonchev–Trinajstić information content (AvgIpc) is 2.35. The van der Waals surface area contributed by atoms with Gasteiger partial charge in [0, 0.05) is 12.2 Å². The molecule has 0 fully saturated rings. The maximum absolute atomic E-state index is 11.8. The zero-order chi connectivity index (χ0) is 15.2. The highest BCUT2D eigenvalue weighted by Gasteiger charge is 2.20. The van der Waals surface area contributed by atoms with Crippen molar-refractivity contribution in [3.8, 4) is 0 Å². The van der Waals surface area contributed by atoms with Gasteiger partial charge in [0.2, 0.25) is 5.91 Å². The minimum atomic E-state index is -3.37. The lowest BCUT2D eigenvalue weighted by molar-refractivity contribution is -0.113. The summed E-state index contributed by atoms with van der Waals surface area (Å²) in [7, 11) is -3.37. The lowest BCUT2D eigenvalue weighted by Crippen LogP contribution is -2.27. The smallest absolute Gasteiger partial charge is 0.239 e. The predicted octanol–water partition coefficient (Wildman–Crippen LogP) is 1.56. The van der Waals surface area contributed by atoms with Gasteiger partial charge in [-0.05, 0) is 38.1 Å². The molecule has 0 heterocycles. The summed E-state index contributed by atoms with van der Waals surface area (Å²) in [5.74, 6) is -0.985. The van der Waals surface area contributed by atoms with Crippen LogP contribution in [0, 0.1) is 0 Å². The molecular formula is C14H22N2O3S. The van der Waals surface area contributed by atoms with E-state index in [1.165, 1.54) is 0 Å². The molecule has 1 amide bonds. The molecule has 1 aromatic rings. The fourth-order valence-corrected chi connectivity index (χ4v) is 2.35. The SMILES string of the molecule is CCNCc1cccc(NC(=O)CS(=O)(=O)C(C)C)c1. The van der Waals surface area contributed by atoms with Gasteiger partial charge in [-0.1, -0.05) is 19.1 Å². The van der Waals surface area contributed by atoms with Crippen LogP contribution in [0.5, 0.6) is 0 Å². The molecular weight excluding hydrogens is 276 g/mol. The fourth-order valence-electron chi connectivity index (χ4n) is 1.57. The third-order valence-electron chi connectivity index (χ3n) is 2.84. The first-order valence-electron chi connectivity index (χ1n) is 6.66. The molecule has 20 heavy (non-hydrogen) atoms. The first-order valence-corrected chi connectivity index (χ1v) is 8.37. The molecule has 112 valence electrons. The predicted molar refractivity (Wildman–Crippen MR) is 81.4 cm³/mol. The van der Waals surface area contributed by atoms with Gasteiger partial charge in [0.05, 0.1) is 5.25 Å². The summed E-state index contributed by atoms with van der Waals surface area (Å²) in [6.07, 6.45) is 0. The van der Waals surface area contributed by atoms with Crippen molar-refractivity contribution in [2.24, 2.45) is 0 Å². The summed E-state index contributed by atoms with van der Waals surface area (Å²) in [5.41, 5.74) is 1.65. The van der Waals surface area contributed by atoms with Crippen LogP contribution in [0.25, 0.3) is 0 Å². The van der Waals surface area contributed by atoms with Crippen LogP contribution in [-0.4, -0.2) is 31.9 Å². The van der Waals surface area contributed by atoms with Gasteiger partial charge in [-0.3, -0.25) is 4.79 Å². The molecule has 0 aliphatic carbocycles. The average molecular weight is 298 g/mol. The minimum absolute atomic E-state index is 0.484. The van der Waals surface area contributed by atoms with Crippen molar-refractivity contribution < 1.29 is 13.2 Å². The minimum Gasteiger partial charge on any atom is -0.325 e. The maximum atomic E-state index is 11.8. The van der Waals surface area contributed by atoms with E-state index in [0.717, 1.165) is 12.1 Å². The highest BCUT2D eigenvalue weighted by atomic mass is 32.2. The van der Waals surface area contributed by atoms with Crippen LogP contribution in [0.15, 0.2) is 24.3 Å². The second kappa shape index (κ2) is 7.40. The van der Waals surface area contributed by atoms with E-state index in [0.29, 0.717) is 12.2 Å². The zero-order valence-electron chi connectivity index (χ0n) is 12.1. The van der Waals surface area contributed by atoms with Crippen molar-refractivity contribution in [1.82, 2.24) is 5.32 Å². The van der Waals surface area contributed by atoms with E-state index < -0.39 is 26.7 Å². The van der Waals surface area contributed by atoms with Crippen molar-refractivity contribution in [2.45, 2.75) is 32.6 Å². The van der Waals surface area contributed by atoms with Gasteiger partial charge in [-0.15, -0.1) is 0 Å². The van der Waals surface area contributed by atoms with Crippen molar-refractivity contribution in [2.75, 3.05) is 17.6 Å². The molecule has 0 radical (unpaired) electrons. The quantitative estimate of drug-likeness (QED) is 0.801. The number of benzene rings is 1. The highest BCUT2D eigenvalue weighted by molar-refractivity contribution is 7.92. The van der Waals surface area contributed by atoms with E-state index in [9.17, 15) is 13.2 Å². The summed E-state index contributed by atoms with van der Waals surface area (Å²) in [4.78, 5) is 11.8. The number of carbonyl (C=O) groups excluding carboxylic acids is 1. The Balaban J connectivity index is 2.67. The Kier molecular flexibility index (Phi) is 6.16. The first-order chi connectivity index (χ1) is 9.35. The maximum Gasteiger partial charge on any atom is 0.239 e. The topological polar surface area (TPSA) is 75.3 Å². The molecule has 0 aromatic heterocycles. The van der Waals surface area contributed by atoms with Gasteiger partial charge in [-0.2, -0.15) is 0 Å². The van der Waals surface area contributed by atoms with E-state index in [1.807, 2.05) is 25.1 Å². The third kappa shape index (κ3) is 5.30. The number of rotatable bonds is 7. The van der Waals surface area contributed by atoms with Gasteiger partial charge in [0.1, 0.15) is 5.75 Å². The molecule has 0 aliphatic heterocycles. The van der Waals surface area contributed by atoms with Crippen LogP contribution in [-0.2, 0) is 21.2 Å². The number of hydrogen-bond acceptors (Lipinski definition) is 4. The summed E-state index contributed by atoms with van der Waals surface area (Å²) < 4.78 is 23.3. The van der Waals surface area contributed by atoms with Crippen molar-refractivity contribution >= 4 is 21.4 Å². The molecule has 0 unspecified atom stereocenters. The Morgan fingerprint density at radius 1 is 1.30 bits per heavy atom. The summed E-state index contributed by atoms with van der Waals surface area (Å²) >= 11 is 0. The van der Waals surface area contributed by atoms with E-state index in [-0.39, 0.29) is 0 Å². The first kappa shape index (κ1) is 16.7. The van der Waals surface area contributed by atoms with Crippen LogP contribution >= 0.6 is 0 Å². The molecule has 0 aliphatic rings. The molecule has 0 saturated heterocycles. The number of amides is 1. The third-order valence-corrected chi connectivity index (χ3v) is 4.94. The normalized spacial score (nSPS) is 11.6. The number of carbonyl (C=O) groups is 1. The monoisotopic (exact) mass is 298 g/mol. The second-order valence-electron chi connectivity index (χ2n) is 4.88. The van der Waals surface area contributed by atoms with E-state index in [4.69, 9.17) is 0 Å². The molecule has 0 saturated carbocycles. The molecule has 5 nitrogen and oxygen atoms in total. The Bertz CT molecular complexity index is 553. The Morgan fingerprint density at radius 3 is 2.60 bits per heavy atom. The zero-order valence-corrected chi connectivity index (χ0v) is 13.0. The molecule has 1 rings (SSSR count). The van der Waals surface area contributed by atoms with Crippen molar-refractivity contribution in [1.29, 1.82) is 0 Å². The van der Waals surface area contributed by atoms with Crippen LogP contribution < -0.4 is 10.6 Å². The Hall–Kier alpha value is -1.40. The molecule has 0 bridgehead atoms. The number of anilines is 1. The lowest BCUT2D eigenvalue weighted by Gasteiger charge is -2.10. The van der Waals surface area contributed by atoms with Crippen molar-refractivity contribution in [3.05, 3.63) is 29.8 Å². The summed E-state index contributed by atoms with van der Waals surface area (Å²) in [5, 5.41) is 5.27. The fraction of sp³-hybridized carbons (Fsp3) is 0.500. The number of hydrogen-bond donors (Lipinski definition) is 2. The van der Waals surface area contributed by atoms with E-state index in [2.05, 4.69) is 10.6 Å². The second-order valence-corrected chi connectivity index (χ2v) is 7.44. The number of sulfone groups is 1. The summed E-state index contributed by atoms with van der Waals surface area (Å²) in [6, 6.07) is 7.36. The van der Waals surface area contributed by atoms with Crippen LogP contribution in [0.1, 0.15) is 26.3 Å². The van der Waals surface area contributed by atoms with Gasteiger partial charge in [0.15, 0.2) is 9.84 Å². The Morgan fingerprint density at radius 2 is 2.00 bits per heavy atom.